The van der Waals surface area contributed by atoms with Crippen molar-refractivity contribution in [1.29, 1.82) is 0 Å². The van der Waals surface area contributed by atoms with Crippen molar-refractivity contribution in [3.05, 3.63) is 27.2 Å². The molecule has 0 spiro atoms. The second-order valence-electron chi connectivity index (χ2n) is 9.56. The summed E-state index contributed by atoms with van der Waals surface area (Å²) in [7, 11) is 0. The van der Waals surface area contributed by atoms with Gasteiger partial charge in [-0.3, -0.25) is 0 Å². The molecule has 1 N–H and O–H groups in total. The number of unbranched alkanes of at least 4 members (excludes halogenated alkanes) is 18. The Morgan fingerprint density at radius 1 is 0.528 bits per heavy atom. The molecule has 0 unspecified atom stereocenters. The monoisotopic (exact) mass is 659 g/mol. The van der Waals surface area contributed by atoms with Gasteiger partial charge in [0.05, 0.1) is 6.61 Å². The molecule has 0 aliphatic heterocycles. The Morgan fingerprint density at radius 3 is 1.22 bits per heavy atom. The second-order valence-corrected chi connectivity index (χ2v) is 9.56. The van der Waals surface area contributed by atoms with E-state index in [4.69, 9.17) is 5.11 Å². The molecular formula is C32H67NOY2-4. The summed E-state index contributed by atoms with van der Waals surface area (Å²) in [6, 6.07) is 0. The van der Waals surface area contributed by atoms with Crippen LogP contribution in [0.2, 0.25) is 0 Å². The van der Waals surface area contributed by atoms with E-state index >= 15 is 0 Å². The number of aliphatic hydroxyl groups is 1. The van der Waals surface area contributed by atoms with Crippen LogP contribution in [-0.2, 0) is 65.4 Å². The van der Waals surface area contributed by atoms with Gasteiger partial charge >= 0.3 is 0 Å². The zero-order chi connectivity index (χ0) is 26.0. The number of nitrogens with zero attached hydrogens (tertiary/aromatic N) is 1. The Labute approximate surface area is 281 Å². The van der Waals surface area contributed by atoms with E-state index < -0.39 is 0 Å². The van der Waals surface area contributed by atoms with Crippen molar-refractivity contribution in [2.45, 2.75) is 156 Å². The summed E-state index contributed by atoms with van der Waals surface area (Å²) in [6.45, 7) is 21.6. The normalized spacial score (nSPS) is 10.0. The minimum Gasteiger partial charge on any atom is -0.395 e. The summed E-state index contributed by atoms with van der Waals surface area (Å²) >= 11 is 0. The molecule has 0 bridgehead atoms. The minimum absolute atomic E-state index is 0. The van der Waals surface area contributed by atoms with Gasteiger partial charge < -0.3 is 37.2 Å². The van der Waals surface area contributed by atoms with Gasteiger partial charge in [0.2, 0.25) is 0 Å². The van der Waals surface area contributed by atoms with Gasteiger partial charge in [-0.1, -0.05) is 111 Å². The number of hydrogen-bond donors (Lipinski definition) is 1. The Hall–Kier alpha value is 2.13. The molecule has 0 fully saturated rings. The maximum absolute atomic E-state index is 9.13. The van der Waals surface area contributed by atoms with E-state index in [2.05, 4.69) is 52.9 Å². The quantitative estimate of drug-likeness (QED) is 0.0824. The Bertz CT molecular complexity index is 280. The fourth-order valence-electron chi connectivity index (χ4n) is 3.75. The second kappa shape index (κ2) is 50.0. The average Bonchev–Trinajstić information content (AvgIpc) is 2.85. The van der Waals surface area contributed by atoms with E-state index in [1.807, 2.05) is 0 Å². The molecule has 0 saturated heterocycles. The van der Waals surface area contributed by atoms with Crippen LogP contribution >= 0.6 is 0 Å². The average molecular weight is 660 g/mol. The van der Waals surface area contributed by atoms with Crippen molar-refractivity contribution in [2.75, 3.05) is 26.2 Å². The zero-order valence-electron chi connectivity index (χ0n) is 25.4. The van der Waals surface area contributed by atoms with Crippen molar-refractivity contribution in [2.24, 2.45) is 0 Å². The molecule has 0 saturated carbocycles. The first-order valence-electron chi connectivity index (χ1n) is 15.2. The predicted molar refractivity (Wildman–Crippen MR) is 158 cm³/mol. The SMILES string of the molecule is CC[CH-]CCC.[CH2-]CCCCCCC.[CH2-]CCCCCCCN(CCO)CCCCCCC[CH2-].[Y].[Y]. The molecule has 36 heavy (non-hydrogen) atoms. The third kappa shape index (κ3) is 52.5. The largest absolute Gasteiger partial charge is 0.395 e. The van der Waals surface area contributed by atoms with Crippen LogP contribution in [0, 0.1) is 27.2 Å². The molecule has 4 heteroatoms. The third-order valence-electron chi connectivity index (χ3n) is 6.00. The van der Waals surface area contributed by atoms with Crippen LogP contribution in [-0.4, -0.2) is 36.2 Å². The molecule has 2 nitrogen and oxygen atoms in total. The van der Waals surface area contributed by atoms with Gasteiger partial charge in [-0.15, -0.1) is 0 Å². The molecule has 0 heterocycles. The first-order chi connectivity index (χ1) is 16.7. The fraction of sp³-hybridized carbons (Fsp3) is 0.875. The number of hydrogen-bond acceptors (Lipinski definition) is 2. The molecule has 0 aromatic heterocycles. The van der Waals surface area contributed by atoms with Crippen molar-refractivity contribution in [3.63, 3.8) is 0 Å². The minimum atomic E-state index is 0. The van der Waals surface area contributed by atoms with Crippen LogP contribution in [0.1, 0.15) is 156 Å². The molecular weight excluding hydrogens is 592 g/mol. The van der Waals surface area contributed by atoms with Gasteiger partial charge in [-0.25, -0.2) is 0 Å². The third-order valence-corrected chi connectivity index (χ3v) is 6.00. The van der Waals surface area contributed by atoms with Gasteiger partial charge in [-0.2, -0.15) is 32.1 Å². The van der Waals surface area contributed by atoms with E-state index in [0.29, 0.717) is 6.61 Å². The van der Waals surface area contributed by atoms with Crippen molar-refractivity contribution in [1.82, 2.24) is 4.90 Å². The van der Waals surface area contributed by atoms with Gasteiger partial charge in [0, 0.05) is 72.0 Å². The van der Waals surface area contributed by atoms with Crippen LogP contribution in [0.25, 0.3) is 0 Å². The molecule has 0 amide bonds. The van der Waals surface area contributed by atoms with E-state index in [1.165, 1.54) is 116 Å². The predicted octanol–water partition coefficient (Wildman–Crippen LogP) is 10.2. The summed E-state index contributed by atoms with van der Waals surface area (Å²) in [5, 5.41) is 9.13. The summed E-state index contributed by atoms with van der Waals surface area (Å²) < 4.78 is 0. The molecule has 0 rings (SSSR count). The molecule has 0 aliphatic rings. The molecule has 0 atom stereocenters. The Morgan fingerprint density at radius 2 is 0.917 bits per heavy atom. The number of aliphatic hydroxyl groups excluding tert-OH is 1. The smallest absolute Gasteiger partial charge is 0.0558 e. The fourth-order valence-corrected chi connectivity index (χ4v) is 3.75. The first kappa shape index (κ1) is 47.9. The van der Waals surface area contributed by atoms with Crippen LogP contribution in [0.15, 0.2) is 0 Å². The summed E-state index contributed by atoms with van der Waals surface area (Å²) in [6.07, 6.45) is 29.3. The van der Waals surface area contributed by atoms with Crippen LogP contribution in [0.3, 0.4) is 0 Å². The Kier molecular flexibility index (Phi) is 66.5. The van der Waals surface area contributed by atoms with Gasteiger partial charge in [-0.05, 0) is 25.9 Å². The maximum atomic E-state index is 9.13. The first-order valence-corrected chi connectivity index (χ1v) is 15.2. The van der Waals surface area contributed by atoms with E-state index in [-0.39, 0.29) is 65.4 Å². The summed E-state index contributed by atoms with van der Waals surface area (Å²) in [4.78, 5) is 2.43. The van der Waals surface area contributed by atoms with Gasteiger partial charge in [0.15, 0.2) is 0 Å². The van der Waals surface area contributed by atoms with Crippen LogP contribution < -0.4 is 0 Å². The topological polar surface area (TPSA) is 23.5 Å². The summed E-state index contributed by atoms with van der Waals surface area (Å²) in [5.41, 5.74) is 0. The van der Waals surface area contributed by atoms with E-state index in [0.717, 1.165) is 38.9 Å². The van der Waals surface area contributed by atoms with Crippen molar-refractivity contribution < 1.29 is 70.5 Å². The molecule has 2 radical (unpaired) electrons. The van der Waals surface area contributed by atoms with Gasteiger partial charge in [0.25, 0.3) is 0 Å². The van der Waals surface area contributed by atoms with Crippen molar-refractivity contribution in [3.8, 4) is 0 Å². The van der Waals surface area contributed by atoms with Crippen LogP contribution in [0.4, 0.5) is 0 Å². The van der Waals surface area contributed by atoms with E-state index in [9.17, 15) is 0 Å². The Balaban J connectivity index is -0.000000166. The van der Waals surface area contributed by atoms with Crippen molar-refractivity contribution >= 4 is 0 Å². The zero-order valence-corrected chi connectivity index (χ0v) is 31.1. The summed E-state index contributed by atoms with van der Waals surface area (Å²) in [5.74, 6) is 0. The van der Waals surface area contributed by atoms with E-state index in [1.54, 1.807) is 0 Å². The molecule has 0 aliphatic carbocycles. The standard InChI is InChI=1S/C18H37NO.C8H17.C6H13.2Y/c1-3-5-7-9-11-13-15-19(17-18-20)16-14-12-10-8-6-4-2;1-3-5-7-8-6-4-2;1-3-5-6-4-2;;/h20H,1-18H2;1,3-8H2,2H3;5H,3-4,6H2,1-2H3;;/q-2;2*-1;;. The van der Waals surface area contributed by atoms with Gasteiger partial charge in [0.1, 0.15) is 0 Å². The maximum Gasteiger partial charge on any atom is 0.0558 e. The molecule has 216 valence electrons. The molecule has 0 aromatic carbocycles. The molecule has 0 aromatic rings. The number of rotatable bonds is 24. The van der Waals surface area contributed by atoms with Crippen LogP contribution in [0.5, 0.6) is 0 Å².